The Kier molecular flexibility index (Phi) is 5.76. The number of aromatic nitrogens is 2. The summed E-state index contributed by atoms with van der Waals surface area (Å²) in [5.74, 6) is 0.790. The van der Waals surface area contributed by atoms with Crippen LogP contribution < -0.4 is 15.8 Å². The van der Waals surface area contributed by atoms with Crippen molar-refractivity contribution in [1.29, 1.82) is 0 Å². The van der Waals surface area contributed by atoms with Gasteiger partial charge in [-0.25, -0.2) is 4.68 Å². The van der Waals surface area contributed by atoms with E-state index in [0.29, 0.717) is 6.54 Å². The Morgan fingerprint density at radius 1 is 1.31 bits per heavy atom. The first kappa shape index (κ1) is 18.6. The van der Waals surface area contributed by atoms with E-state index in [2.05, 4.69) is 15.3 Å². The number of hydrogen-bond donors (Lipinski definition) is 1. The Labute approximate surface area is 157 Å². The predicted molar refractivity (Wildman–Crippen MR) is 105 cm³/mol. The first-order valence-corrected chi connectivity index (χ1v) is 9.98. The van der Waals surface area contributed by atoms with Gasteiger partial charge in [0.15, 0.2) is 0 Å². The Morgan fingerprint density at radius 3 is 2.81 bits per heavy atom. The zero-order valence-electron chi connectivity index (χ0n) is 15.6. The first-order chi connectivity index (χ1) is 12.5. The summed E-state index contributed by atoms with van der Waals surface area (Å²) < 4.78 is 1.52. The standard InChI is InChI=1S/C19H26N4O2S/c1-13(2)23-18(24)10-9-17(21-23)22-11-5-4-6-15(22)12-20-19(25)16-8-7-14(3)26-16/h7-10,13,15H,4-6,11-12H2,1-3H3,(H,20,25). The van der Waals surface area contributed by atoms with Crippen LogP contribution in [0.5, 0.6) is 0 Å². The van der Waals surface area contributed by atoms with Crippen molar-refractivity contribution < 1.29 is 4.79 Å². The van der Waals surface area contributed by atoms with Crippen LogP contribution in [0, 0.1) is 6.92 Å². The lowest BCUT2D eigenvalue weighted by atomic mass is 10.0. The molecule has 0 bridgehead atoms. The molecule has 0 aliphatic carbocycles. The van der Waals surface area contributed by atoms with Crippen LogP contribution in [0.4, 0.5) is 5.82 Å². The second kappa shape index (κ2) is 8.03. The molecule has 3 rings (SSSR count). The van der Waals surface area contributed by atoms with Crippen molar-refractivity contribution in [2.75, 3.05) is 18.0 Å². The molecule has 1 aliphatic heterocycles. The number of amides is 1. The molecule has 1 unspecified atom stereocenters. The molecule has 3 heterocycles. The second-order valence-electron chi connectivity index (χ2n) is 7.03. The molecule has 1 saturated heterocycles. The fourth-order valence-corrected chi connectivity index (χ4v) is 4.09. The predicted octanol–water partition coefficient (Wildman–Crippen LogP) is 2.98. The average Bonchev–Trinajstić information content (AvgIpc) is 3.07. The van der Waals surface area contributed by atoms with Crippen LogP contribution in [0.15, 0.2) is 29.1 Å². The molecule has 6 nitrogen and oxygen atoms in total. The number of rotatable bonds is 5. The summed E-state index contributed by atoms with van der Waals surface area (Å²) in [6.07, 6.45) is 3.24. The average molecular weight is 375 g/mol. The highest BCUT2D eigenvalue weighted by atomic mass is 32.1. The van der Waals surface area contributed by atoms with Gasteiger partial charge in [0.2, 0.25) is 0 Å². The monoisotopic (exact) mass is 374 g/mol. The lowest BCUT2D eigenvalue weighted by Gasteiger charge is -2.36. The molecule has 7 heteroatoms. The normalized spacial score (nSPS) is 17.5. The highest BCUT2D eigenvalue weighted by molar-refractivity contribution is 7.13. The second-order valence-corrected chi connectivity index (χ2v) is 8.32. The Balaban J connectivity index is 1.73. The SMILES string of the molecule is Cc1ccc(C(=O)NCC2CCCCN2c2ccc(=O)n(C(C)C)n2)s1. The largest absolute Gasteiger partial charge is 0.350 e. The van der Waals surface area contributed by atoms with E-state index in [1.54, 1.807) is 12.1 Å². The van der Waals surface area contributed by atoms with Crippen molar-refractivity contribution in [3.8, 4) is 0 Å². The van der Waals surface area contributed by atoms with Crippen molar-refractivity contribution in [1.82, 2.24) is 15.1 Å². The van der Waals surface area contributed by atoms with Crippen LogP contribution in [0.25, 0.3) is 0 Å². The van der Waals surface area contributed by atoms with Gasteiger partial charge in [-0.2, -0.15) is 5.10 Å². The minimum atomic E-state index is -0.0846. The highest BCUT2D eigenvalue weighted by Crippen LogP contribution is 2.23. The molecule has 1 amide bonds. The lowest BCUT2D eigenvalue weighted by Crippen LogP contribution is -2.47. The number of nitrogens with one attached hydrogen (secondary N) is 1. The van der Waals surface area contributed by atoms with Crippen molar-refractivity contribution in [3.05, 3.63) is 44.4 Å². The molecule has 0 saturated carbocycles. The van der Waals surface area contributed by atoms with Crippen LogP contribution in [0.3, 0.4) is 0 Å². The van der Waals surface area contributed by atoms with Gasteiger partial charge in [0.1, 0.15) is 5.82 Å². The maximum atomic E-state index is 12.4. The highest BCUT2D eigenvalue weighted by Gasteiger charge is 2.25. The summed E-state index contributed by atoms with van der Waals surface area (Å²) in [7, 11) is 0. The van der Waals surface area contributed by atoms with Crippen LogP contribution in [0.2, 0.25) is 0 Å². The van der Waals surface area contributed by atoms with Crippen LogP contribution in [-0.2, 0) is 0 Å². The van der Waals surface area contributed by atoms with Crippen molar-refractivity contribution >= 4 is 23.1 Å². The number of hydrogen-bond acceptors (Lipinski definition) is 5. The minimum absolute atomic E-state index is 0.0197. The molecule has 0 aromatic carbocycles. The van der Waals surface area contributed by atoms with Gasteiger partial charge >= 0.3 is 0 Å². The summed E-state index contributed by atoms with van der Waals surface area (Å²) in [6, 6.07) is 7.43. The summed E-state index contributed by atoms with van der Waals surface area (Å²) >= 11 is 1.51. The zero-order chi connectivity index (χ0) is 18.7. The van der Waals surface area contributed by atoms with Crippen LogP contribution >= 0.6 is 11.3 Å². The van der Waals surface area contributed by atoms with E-state index in [0.717, 1.165) is 41.4 Å². The zero-order valence-corrected chi connectivity index (χ0v) is 16.4. The number of piperidine rings is 1. The molecule has 1 N–H and O–H groups in total. The molecule has 1 aliphatic rings. The third-order valence-electron chi connectivity index (χ3n) is 4.68. The number of nitrogens with zero attached hydrogens (tertiary/aromatic N) is 3. The van der Waals surface area contributed by atoms with Gasteiger partial charge in [-0.15, -0.1) is 11.3 Å². The molecule has 1 fully saturated rings. The van der Waals surface area contributed by atoms with Crippen LogP contribution in [0.1, 0.15) is 53.7 Å². The molecule has 1 atom stereocenters. The Hall–Kier alpha value is -2.15. The van der Waals surface area contributed by atoms with Crippen LogP contribution in [-0.4, -0.2) is 34.8 Å². The van der Waals surface area contributed by atoms with Gasteiger partial charge in [-0.1, -0.05) is 0 Å². The fourth-order valence-electron chi connectivity index (χ4n) is 3.31. The Bertz CT molecular complexity index is 827. The van der Waals surface area contributed by atoms with E-state index >= 15 is 0 Å². The lowest BCUT2D eigenvalue weighted by molar-refractivity contribution is 0.0953. The number of thiophene rings is 1. The molecular formula is C19H26N4O2S. The summed E-state index contributed by atoms with van der Waals surface area (Å²) in [5.41, 5.74) is -0.0846. The van der Waals surface area contributed by atoms with Crippen molar-refractivity contribution in [2.24, 2.45) is 0 Å². The summed E-state index contributed by atoms with van der Waals surface area (Å²) in [6.45, 7) is 7.38. The topological polar surface area (TPSA) is 67.2 Å². The summed E-state index contributed by atoms with van der Waals surface area (Å²) in [4.78, 5) is 28.4. The maximum Gasteiger partial charge on any atom is 0.267 e. The Morgan fingerprint density at radius 2 is 2.12 bits per heavy atom. The quantitative estimate of drug-likeness (QED) is 0.874. The third kappa shape index (κ3) is 4.15. The smallest absolute Gasteiger partial charge is 0.267 e. The van der Waals surface area contributed by atoms with E-state index in [1.165, 1.54) is 16.0 Å². The number of carbonyl (C=O) groups excluding carboxylic acids is 1. The van der Waals surface area contributed by atoms with Gasteiger partial charge < -0.3 is 10.2 Å². The minimum Gasteiger partial charge on any atom is -0.350 e. The van der Waals surface area contributed by atoms with Gasteiger partial charge in [-0.3, -0.25) is 9.59 Å². The number of anilines is 1. The molecule has 2 aromatic rings. The van der Waals surface area contributed by atoms with Gasteiger partial charge in [-0.05, 0) is 58.2 Å². The maximum absolute atomic E-state index is 12.4. The fraction of sp³-hybridized carbons (Fsp3) is 0.526. The molecule has 140 valence electrons. The van der Waals surface area contributed by atoms with Crippen molar-refractivity contribution in [2.45, 2.75) is 52.1 Å². The first-order valence-electron chi connectivity index (χ1n) is 9.17. The third-order valence-corrected chi connectivity index (χ3v) is 5.68. The van der Waals surface area contributed by atoms with E-state index in [1.807, 2.05) is 32.9 Å². The molecule has 0 radical (unpaired) electrons. The van der Waals surface area contributed by atoms with E-state index < -0.39 is 0 Å². The van der Waals surface area contributed by atoms with Gasteiger partial charge in [0, 0.05) is 30.1 Å². The molecule has 2 aromatic heterocycles. The van der Waals surface area contributed by atoms with Gasteiger partial charge in [0.25, 0.3) is 11.5 Å². The van der Waals surface area contributed by atoms with E-state index in [-0.39, 0.29) is 23.6 Å². The molecule has 26 heavy (non-hydrogen) atoms. The molecular weight excluding hydrogens is 348 g/mol. The van der Waals surface area contributed by atoms with Gasteiger partial charge in [0.05, 0.1) is 10.9 Å². The van der Waals surface area contributed by atoms with E-state index in [4.69, 9.17) is 0 Å². The number of carbonyl (C=O) groups is 1. The molecule has 0 spiro atoms. The summed E-state index contributed by atoms with van der Waals surface area (Å²) in [5, 5.41) is 7.62. The number of aryl methyl sites for hydroxylation is 1. The van der Waals surface area contributed by atoms with Crippen molar-refractivity contribution in [3.63, 3.8) is 0 Å². The van der Waals surface area contributed by atoms with E-state index in [9.17, 15) is 9.59 Å².